The summed E-state index contributed by atoms with van der Waals surface area (Å²) in [7, 11) is -3.34. The fraction of sp³-hybridized carbons (Fsp3) is 0.0222. The van der Waals surface area contributed by atoms with Crippen molar-refractivity contribution < 1.29 is 4.57 Å². The number of fused-ring (bicyclic) bond motifs is 2. The number of thioether (sulfide) groups is 1. The van der Waals surface area contributed by atoms with Crippen LogP contribution in [0.15, 0.2) is 199 Å². The first-order valence-corrected chi connectivity index (χ1v) is 18.8. The molecular weight excluding hydrogens is 620 g/mol. The average Bonchev–Trinajstić information content (AvgIpc) is 3.17. The summed E-state index contributed by atoms with van der Waals surface area (Å²) in [5, 5.41) is 7.08. The molecule has 0 aliphatic carbocycles. The maximum Gasteiger partial charge on any atom is 0.171 e. The highest BCUT2D eigenvalue weighted by Crippen LogP contribution is 2.52. The average molecular weight is 653 g/mol. The van der Waals surface area contributed by atoms with E-state index >= 15 is 4.57 Å². The first-order valence-electron chi connectivity index (χ1n) is 16.2. The SMILES string of the molecule is O=P(c1ccccc1)(c1ccccc1)c1ccc2ccccc2c1-c1c(SC(c2ccccc2)c2ccccc2)ccc2ccccc12. The second-order valence-electron chi connectivity index (χ2n) is 11.9. The minimum absolute atomic E-state index is 0.0563. The Labute approximate surface area is 286 Å². The lowest BCUT2D eigenvalue weighted by Gasteiger charge is -2.27. The van der Waals surface area contributed by atoms with Crippen LogP contribution in [0.3, 0.4) is 0 Å². The Bertz CT molecular complexity index is 2310. The van der Waals surface area contributed by atoms with Gasteiger partial charge in [-0.2, -0.15) is 0 Å². The lowest BCUT2D eigenvalue weighted by Crippen LogP contribution is -2.26. The second kappa shape index (κ2) is 13.2. The van der Waals surface area contributed by atoms with Crippen molar-refractivity contribution in [2.24, 2.45) is 0 Å². The lowest BCUT2D eigenvalue weighted by atomic mass is 9.93. The Morgan fingerprint density at radius 1 is 0.396 bits per heavy atom. The standard InChI is InChI=1S/C45H33OPS/c46-47(37-23-9-3-10-24-37,38-25-11-4-12-26-38)41-31-29-33-17-13-15-27-39(33)43(41)44-40-28-16-14-18-34(40)30-32-42(44)48-45(35-19-5-1-6-20-35)36-21-7-2-8-22-36/h1-32,45H. The zero-order valence-corrected chi connectivity index (χ0v) is 28.0. The van der Waals surface area contributed by atoms with Gasteiger partial charge in [-0.1, -0.05) is 182 Å². The van der Waals surface area contributed by atoms with Gasteiger partial charge in [-0.15, -0.1) is 11.8 Å². The Morgan fingerprint density at radius 3 is 1.33 bits per heavy atom. The van der Waals surface area contributed by atoms with Gasteiger partial charge in [-0.25, -0.2) is 0 Å². The minimum atomic E-state index is -3.34. The van der Waals surface area contributed by atoms with Crippen LogP contribution in [-0.4, -0.2) is 0 Å². The molecule has 3 heteroatoms. The van der Waals surface area contributed by atoms with E-state index in [0.717, 1.165) is 53.5 Å². The largest absolute Gasteiger partial charge is 0.309 e. The molecule has 48 heavy (non-hydrogen) atoms. The quantitative estimate of drug-likeness (QED) is 0.120. The van der Waals surface area contributed by atoms with Gasteiger partial charge in [0.15, 0.2) is 7.14 Å². The van der Waals surface area contributed by atoms with Gasteiger partial charge < -0.3 is 4.57 Å². The molecule has 0 fully saturated rings. The molecule has 0 unspecified atom stereocenters. The van der Waals surface area contributed by atoms with E-state index in [-0.39, 0.29) is 5.25 Å². The molecule has 0 saturated heterocycles. The first kappa shape index (κ1) is 30.2. The molecule has 0 bridgehead atoms. The summed E-state index contributed by atoms with van der Waals surface area (Å²) in [5.41, 5.74) is 4.63. The summed E-state index contributed by atoms with van der Waals surface area (Å²) < 4.78 is 16.2. The van der Waals surface area contributed by atoms with Crippen LogP contribution < -0.4 is 15.9 Å². The molecule has 0 radical (unpaired) electrons. The third-order valence-corrected chi connectivity index (χ3v) is 13.6. The van der Waals surface area contributed by atoms with Gasteiger partial charge in [0.2, 0.25) is 0 Å². The number of rotatable bonds is 8. The van der Waals surface area contributed by atoms with Crippen molar-refractivity contribution in [1.29, 1.82) is 0 Å². The van der Waals surface area contributed by atoms with E-state index in [0.29, 0.717) is 0 Å². The van der Waals surface area contributed by atoms with Gasteiger partial charge >= 0.3 is 0 Å². The monoisotopic (exact) mass is 652 g/mol. The molecule has 8 rings (SSSR count). The van der Waals surface area contributed by atoms with Crippen LogP contribution in [0.2, 0.25) is 0 Å². The zero-order valence-electron chi connectivity index (χ0n) is 26.3. The highest BCUT2D eigenvalue weighted by molar-refractivity contribution is 8.00. The van der Waals surface area contributed by atoms with Crippen molar-refractivity contribution in [2.75, 3.05) is 0 Å². The highest BCUT2D eigenvalue weighted by Gasteiger charge is 2.34. The lowest BCUT2D eigenvalue weighted by molar-refractivity contribution is 0.592. The molecular formula is C45H33OPS. The number of hydrogen-bond acceptors (Lipinski definition) is 2. The fourth-order valence-electron chi connectivity index (χ4n) is 6.81. The molecule has 0 heterocycles. The maximum absolute atomic E-state index is 16.2. The van der Waals surface area contributed by atoms with Gasteiger partial charge in [0.25, 0.3) is 0 Å². The van der Waals surface area contributed by atoms with Crippen LogP contribution in [0.4, 0.5) is 0 Å². The number of benzene rings is 8. The predicted octanol–water partition coefficient (Wildman–Crippen LogP) is 11.2. The minimum Gasteiger partial charge on any atom is -0.309 e. The second-order valence-corrected chi connectivity index (χ2v) is 15.8. The Kier molecular flexibility index (Phi) is 8.29. The Morgan fingerprint density at radius 2 is 0.812 bits per heavy atom. The van der Waals surface area contributed by atoms with E-state index in [1.807, 2.05) is 72.4 Å². The van der Waals surface area contributed by atoms with Crippen LogP contribution in [0, 0.1) is 0 Å². The van der Waals surface area contributed by atoms with Crippen LogP contribution in [0.25, 0.3) is 32.7 Å². The van der Waals surface area contributed by atoms with E-state index in [1.54, 1.807) is 0 Å². The van der Waals surface area contributed by atoms with E-state index in [4.69, 9.17) is 0 Å². The third-order valence-electron chi connectivity index (χ3n) is 9.08. The van der Waals surface area contributed by atoms with E-state index in [2.05, 4.69) is 133 Å². The predicted molar refractivity (Wildman–Crippen MR) is 207 cm³/mol. The summed E-state index contributed by atoms with van der Waals surface area (Å²) in [6.07, 6.45) is 0. The van der Waals surface area contributed by atoms with E-state index < -0.39 is 7.14 Å². The molecule has 0 N–H and O–H groups in total. The fourth-order valence-corrected chi connectivity index (χ4v) is 11.0. The van der Waals surface area contributed by atoms with Crippen molar-refractivity contribution >= 4 is 56.4 Å². The van der Waals surface area contributed by atoms with Crippen molar-refractivity contribution in [2.45, 2.75) is 10.1 Å². The summed E-state index contributed by atoms with van der Waals surface area (Å²) >= 11 is 1.86. The molecule has 0 amide bonds. The van der Waals surface area contributed by atoms with Crippen molar-refractivity contribution in [3.8, 4) is 11.1 Å². The zero-order chi connectivity index (χ0) is 32.3. The third kappa shape index (κ3) is 5.48. The Hall–Kier alpha value is -5.14. The van der Waals surface area contributed by atoms with Crippen molar-refractivity contribution in [1.82, 2.24) is 0 Å². The topological polar surface area (TPSA) is 17.1 Å². The maximum atomic E-state index is 16.2. The summed E-state index contributed by atoms with van der Waals surface area (Å²) in [6, 6.07) is 67.4. The molecule has 0 aliphatic rings. The summed E-state index contributed by atoms with van der Waals surface area (Å²) in [4.78, 5) is 1.15. The number of hydrogen-bond donors (Lipinski definition) is 0. The van der Waals surface area contributed by atoms with Crippen LogP contribution in [0.1, 0.15) is 16.4 Å². The van der Waals surface area contributed by atoms with Crippen molar-refractivity contribution in [3.05, 3.63) is 205 Å². The molecule has 1 nitrogen and oxygen atoms in total. The molecule has 0 aliphatic heterocycles. The van der Waals surface area contributed by atoms with Crippen molar-refractivity contribution in [3.63, 3.8) is 0 Å². The molecule has 8 aromatic carbocycles. The van der Waals surface area contributed by atoms with Gasteiger partial charge in [0, 0.05) is 31.9 Å². The molecule has 0 atom stereocenters. The molecule has 8 aromatic rings. The highest BCUT2D eigenvalue weighted by atomic mass is 32.2. The molecule has 230 valence electrons. The van der Waals surface area contributed by atoms with Gasteiger partial charge in [-0.3, -0.25) is 0 Å². The summed E-state index contributed by atoms with van der Waals surface area (Å²) in [5.74, 6) is 0. The van der Waals surface area contributed by atoms with Gasteiger partial charge in [0.05, 0.1) is 5.25 Å². The first-order chi connectivity index (χ1) is 23.7. The van der Waals surface area contributed by atoms with Gasteiger partial charge in [-0.05, 0) is 44.8 Å². The molecule has 0 saturated carbocycles. The molecule has 0 aromatic heterocycles. The van der Waals surface area contributed by atoms with E-state index in [9.17, 15) is 0 Å². The van der Waals surface area contributed by atoms with Crippen LogP contribution in [0.5, 0.6) is 0 Å². The van der Waals surface area contributed by atoms with Crippen LogP contribution in [-0.2, 0) is 4.57 Å². The molecule has 0 spiro atoms. The smallest absolute Gasteiger partial charge is 0.171 e. The summed E-state index contributed by atoms with van der Waals surface area (Å²) in [6.45, 7) is 0. The Balaban J connectivity index is 1.47. The van der Waals surface area contributed by atoms with Gasteiger partial charge in [0.1, 0.15) is 0 Å². The van der Waals surface area contributed by atoms with E-state index in [1.165, 1.54) is 11.1 Å². The van der Waals surface area contributed by atoms with Crippen LogP contribution >= 0.6 is 18.9 Å². The normalized spacial score (nSPS) is 11.7.